The molecule has 9 heavy (non-hydrogen) atoms. The maximum atomic E-state index is 5.25. The highest BCUT2D eigenvalue weighted by Crippen LogP contribution is 2.03. The van der Waals surface area contributed by atoms with E-state index in [2.05, 4.69) is 27.5 Å². The van der Waals surface area contributed by atoms with E-state index < -0.39 is 0 Å². The van der Waals surface area contributed by atoms with E-state index in [9.17, 15) is 0 Å². The van der Waals surface area contributed by atoms with E-state index in [1.54, 1.807) is 19.2 Å². The maximum absolute atomic E-state index is 5.25. The quantitative estimate of drug-likeness (QED) is 0.401. The molecule has 0 saturated heterocycles. The first kappa shape index (κ1) is 8.43. The van der Waals surface area contributed by atoms with Crippen molar-refractivity contribution in [3.63, 3.8) is 0 Å². The Morgan fingerprint density at radius 1 is 1.78 bits per heavy atom. The van der Waals surface area contributed by atoms with Gasteiger partial charge < -0.3 is 5.73 Å². The van der Waals surface area contributed by atoms with Gasteiger partial charge in [0, 0.05) is 10.7 Å². The lowest BCUT2D eigenvalue weighted by atomic mass is 10.6. The number of hydrogen-bond donors (Lipinski definition) is 1. The summed E-state index contributed by atoms with van der Waals surface area (Å²) in [5.74, 6) is 0.536. The summed E-state index contributed by atoms with van der Waals surface area (Å²) in [6.07, 6.45) is 3.24. The molecule has 0 rings (SSSR count). The first-order valence-corrected chi connectivity index (χ1v) is 3.24. The topological polar surface area (TPSA) is 38.4 Å². The zero-order valence-electron chi connectivity index (χ0n) is 5.26. The van der Waals surface area contributed by atoms with Gasteiger partial charge in [0.05, 0.1) is 5.84 Å². The summed E-state index contributed by atoms with van der Waals surface area (Å²) in [5.41, 5.74) is 5.25. The van der Waals surface area contributed by atoms with Crippen LogP contribution in [0.15, 0.2) is 28.3 Å². The first-order chi connectivity index (χ1) is 4.16. The fraction of sp³-hybridized carbons (Fsp3) is 0.167. The summed E-state index contributed by atoms with van der Waals surface area (Å²) in [6, 6.07) is 0. The molecule has 0 aliphatic carbocycles. The summed E-state index contributed by atoms with van der Waals surface area (Å²) in [7, 11) is 0. The first-order valence-electron chi connectivity index (χ1n) is 2.45. The van der Waals surface area contributed by atoms with Crippen LogP contribution in [0.1, 0.15) is 6.92 Å². The second kappa shape index (κ2) is 4.32. The van der Waals surface area contributed by atoms with Crippen LogP contribution in [0.5, 0.6) is 0 Å². The smallest absolute Gasteiger partial charge is 0.0958 e. The Hall–Kier alpha value is -0.570. The molecule has 0 spiro atoms. The second-order valence-electron chi connectivity index (χ2n) is 1.49. The van der Waals surface area contributed by atoms with Crippen molar-refractivity contribution in [2.45, 2.75) is 6.92 Å². The lowest BCUT2D eigenvalue weighted by Gasteiger charge is -1.84. The average Bonchev–Trinajstić information content (AvgIpc) is 1.83. The predicted octanol–water partition coefficient (Wildman–Crippen LogP) is 1.79. The molecule has 0 aromatic rings. The number of rotatable bonds is 2. The molecule has 3 heteroatoms. The zero-order valence-corrected chi connectivity index (χ0v) is 6.85. The Morgan fingerprint density at radius 3 is 2.67 bits per heavy atom. The molecule has 0 aromatic carbocycles. The average molecular weight is 189 g/mol. The van der Waals surface area contributed by atoms with Crippen LogP contribution in [-0.4, -0.2) is 5.84 Å². The van der Waals surface area contributed by atoms with Gasteiger partial charge in [-0.25, -0.2) is 4.99 Å². The van der Waals surface area contributed by atoms with Crippen LogP contribution in [-0.2, 0) is 0 Å². The van der Waals surface area contributed by atoms with Gasteiger partial charge in [-0.1, -0.05) is 12.7 Å². The van der Waals surface area contributed by atoms with Crippen molar-refractivity contribution in [3.8, 4) is 0 Å². The van der Waals surface area contributed by atoms with E-state index >= 15 is 0 Å². The van der Waals surface area contributed by atoms with Crippen LogP contribution in [0.2, 0.25) is 0 Å². The molecule has 2 nitrogen and oxygen atoms in total. The van der Waals surface area contributed by atoms with Gasteiger partial charge in [-0.05, 0) is 22.9 Å². The van der Waals surface area contributed by atoms with E-state index in [-0.39, 0.29) is 0 Å². The number of halogens is 1. The summed E-state index contributed by atoms with van der Waals surface area (Å²) in [4.78, 5) is 3.81. The van der Waals surface area contributed by atoms with Crippen LogP contribution >= 0.6 is 15.9 Å². The van der Waals surface area contributed by atoms with Gasteiger partial charge in [0.15, 0.2) is 0 Å². The third-order valence-corrected chi connectivity index (χ3v) is 1.12. The fourth-order valence-corrected chi connectivity index (χ4v) is 0.319. The highest BCUT2D eigenvalue weighted by molar-refractivity contribution is 9.11. The summed E-state index contributed by atoms with van der Waals surface area (Å²) in [6.45, 7) is 5.24. The van der Waals surface area contributed by atoms with Crippen LogP contribution in [0, 0.1) is 0 Å². The van der Waals surface area contributed by atoms with Gasteiger partial charge in [-0.3, -0.25) is 0 Å². The SMILES string of the molecule is C=C/C(Br)=C\N=C(C)N. The van der Waals surface area contributed by atoms with E-state index in [0.717, 1.165) is 4.48 Å². The van der Waals surface area contributed by atoms with Gasteiger partial charge in [0.25, 0.3) is 0 Å². The van der Waals surface area contributed by atoms with Crippen molar-refractivity contribution in [1.29, 1.82) is 0 Å². The number of aliphatic imine (C=N–C) groups is 1. The van der Waals surface area contributed by atoms with Crippen molar-refractivity contribution in [3.05, 3.63) is 23.3 Å². The van der Waals surface area contributed by atoms with Gasteiger partial charge in [-0.15, -0.1) is 0 Å². The lowest BCUT2D eigenvalue weighted by Crippen LogP contribution is -2.03. The van der Waals surface area contributed by atoms with Crippen LogP contribution < -0.4 is 5.73 Å². The molecule has 0 amide bonds. The Kier molecular flexibility index (Phi) is 4.05. The minimum atomic E-state index is 0.536. The normalized spacial score (nSPS) is 13.6. The number of nitrogens with two attached hydrogens (primary N) is 1. The monoisotopic (exact) mass is 188 g/mol. The fourth-order valence-electron chi connectivity index (χ4n) is 0.216. The lowest BCUT2D eigenvalue weighted by molar-refractivity contribution is 1.46. The predicted molar refractivity (Wildman–Crippen MR) is 44.5 cm³/mol. The van der Waals surface area contributed by atoms with Gasteiger partial charge >= 0.3 is 0 Å². The Balaban J connectivity index is 3.98. The molecule has 0 radical (unpaired) electrons. The molecule has 0 aliphatic heterocycles. The molecule has 0 atom stereocenters. The van der Waals surface area contributed by atoms with Crippen LogP contribution in [0.4, 0.5) is 0 Å². The molecule has 0 saturated carbocycles. The number of hydrogen-bond acceptors (Lipinski definition) is 1. The molecule has 0 aliphatic rings. The molecular formula is C6H9BrN2. The Bertz CT molecular complexity index is 154. The summed E-state index contributed by atoms with van der Waals surface area (Å²) >= 11 is 3.19. The molecule has 0 heterocycles. The largest absolute Gasteiger partial charge is 0.387 e. The molecule has 50 valence electrons. The summed E-state index contributed by atoms with van der Waals surface area (Å²) in [5, 5.41) is 0. The van der Waals surface area contributed by atoms with Crippen molar-refractivity contribution in [1.82, 2.24) is 0 Å². The van der Waals surface area contributed by atoms with Gasteiger partial charge in [0.1, 0.15) is 0 Å². The maximum Gasteiger partial charge on any atom is 0.0958 e. The minimum Gasteiger partial charge on any atom is -0.387 e. The van der Waals surface area contributed by atoms with Crippen molar-refractivity contribution < 1.29 is 0 Å². The highest BCUT2D eigenvalue weighted by Gasteiger charge is 1.77. The second-order valence-corrected chi connectivity index (χ2v) is 2.40. The van der Waals surface area contributed by atoms with Crippen molar-refractivity contribution in [2.75, 3.05) is 0 Å². The number of amidine groups is 1. The van der Waals surface area contributed by atoms with Gasteiger partial charge in [0.2, 0.25) is 0 Å². The Morgan fingerprint density at radius 2 is 2.33 bits per heavy atom. The molecule has 2 N–H and O–H groups in total. The summed E-state index contributed by atoms with van der Waals surface area (Å²) < 4.78 is 0.826. The van der Waals surface area contributed by atoms with Crippen LogP contribution in [0.25, 0.3) is 0 Å². The van der Waals surface area contributed by atoms with E-state index in [0.29, 0.717) is 5.84 Å². The molecular weight excluding hydrogens is 180 g/mol. The van der Waals surface area contributed by atoms with Crippen molar-refractivity contribution in [2.24, 2.45) is 10.7 Å². The third-order valence-electron chi connectivity index (χ3n) is 0.587. The Labute approximate surface area is 63.3 Å². The van der Waals surface area contributed by atoms with Gasteiger partial charge in [-0.2, -0.15) is 0 Å². The molecule has 0 unspecified atom stereocenters. The van der Waals surface area contributed by atoms with Crippen LogP contribution in [0.3, 0.4) is 0 Å². The molecule has 0 aromatic heterocycles. The third kappa shape index (κ3) is 5.30. The van der Waals surface area contributed by atoms with Crippen molar-refractivity contribution >= 4 is 21.8 Å². The van der Waals surface area contributed by atoms with E-state index in [4.69, 9.17) is 5.73 Å². The van der Waals surface area contributed by atoms with E-state index in [1.807, 2.05) is 0 Å². The van der Waals surface area contributed by atoms with E-state index in [1.165, 1.54) is 0 Å². The standard InChI is InChI=1S/C6H9BrN2/c1-3-6(7)4-9-5(2)8/h3-4H,1H2,2H3,(H2,8,9)/b6-4+. The zero-order chi connectivity index (χ0) is 7.28. The number of nitrogens with zero attached hydrogens (tertiary/aromatic N) is 1. The highest BCUT2D eigenvalue weighted by atomic mass is 79.9. The minimum absolute atomic E-state index is 0.536. The molecule has 0 bridgehead atoms. The molecule has 0 fully saturated rings. The number of allylic oxidation sites excluding steroid dienone is 2.